The molecule has 0 unspecified atom stereocenters. The number of nitrogens with zero attached hydrogens (tertiary/aromatic N) is 2. The third kappa shape index (κ3) is 5.04. The summed E-state index contributed by atoms with van der Waals surface area (Å²) in [6.45, 7) is 0. The topological polar surface area (TPSA) is 42.4 Å². The van der Waals surface area contributed by atoms with Crippen molar-refractivity contribution in [3.05, 3.63) is 182 Å². The van der Waals surface area contributed by atoms with Crippen LogP contribution in [0.4, 0.5) is 17.1 Å². The molecule has 0 N–H and O–H groups in total. The van der Waals surface area contributed by atoms with E-state index >= 15 is 0 Å². The van der Waals surface area contributed by atoms with E-state index in [2.05, 4.69) is 144 Å². The van der Waals surface area contributed by atoms with Gasteiger partial charge < -0.3 is 13.7 Å². The number of fused-ring (bicyclic) bond motifs is 6. The molecular weight excluding hydrogens is 625 g/mol. The standard InChI is InChI=1S/C47H30N2O2/c1-3-11-31(12-4-1)35-16-9-17-37(29-35)49(38-26-28-42-41(30-38)45-39-18-8-7-13-32(39)23-27-43(45)50-42)36-24-21-33(22-25-36)40-19-10-20-44-46(40)48-47(51-44)34-14-5-2-6-15-34/h1-30H. The predicted molar refractivity (Wildman–Crippen MR) is 210 cm³/mol. The molecule has 10 aromatic rings. The average Bonchev–Trinajstić information content (AvgIpc) is 3.81. The molecule has 2 heterocycles. The number of para-hydroxylation sites is 1. The molecule has 0 fully saturated rings. The second-order valence-electron chi connectivity index (χ2n) is 12.8. The SMILES string of the molecule is c1ccc(-c2cccc(N(c3ccc(-c4cccc5oc(-c6ccccc6)nc45)cc3)c3ccc4oc5ccc6ccccc6c5c4c3)c2)cc1. The lowest BCUT2D eigenvalue weighted by molar-refractivity contribution is 0.620. The molecular formula is C47H30N2O2. The molecule has 0 spiro atoms. The van der Waals surface area contributed by atoms with E-state index in [0.29, 0.717) is 5.89 Å². The Balaban J connectivity index is 1.12. The zero-order valence-corrected chi connectivity index (χ0v) is 27.5. The van der Waals surface area contributed by atoms with Crippen LogP contribution in [0.15, 0.2) is 191 Å². The van der Waals surface area contributed by atoms with Gasteiger partial charge in [-0.1, -0.05) is 115 Å². The van der Waals surface area contributed by atoms with Gasteiger partial charge in [-0.3, -0.25) is 0 Å². The molecule has 0 aliphatic carbocycles. The monoisotopic (exact) mass is 654 g/mol. The van der Waals surface area contributed by atoms with Crippen molar-refractivity contribution in [3.8, 4) is 33.7 Å². The van der Waals surface area contributed by atoms with E-state index in [-0.39, 0.29) is 0 Å². The van der Waals surface area contributed by atoms with Gasteiger partial charge in [-0.2, -0.15) is 0 Å². The van der Waals surface area contributed by atoms with Crippen LogP contribution < -0.4 is 4.90 Å². The zero-order valence-electron chi connectivity index (χ0n) is 27.5. The van der Waals surface area contributed by atoms with Gasteiger partial charge in [0.25, 0.3) is 0 Å². The third-order valence-electron chi connectivity index (χ3n) is 9.69. The Morgan fingerprint density at radius 2 is 1.08 bits per heavy atom. The normalized spacial score (nSPS) is 11.5. The number of anilines is 3. The quantitative estimate of drug-likeness (QED) is 0.179. The summed E-state index contributed by atoms with van der Waals surface area (Å²) in [5.74, 6) is 0.620. The van der Waals surface area contributed by atoms with Gasteiger partial charge in [0.1, 0.15) is 16.7 Å². The maximum atomic E-state index is 6.38. The summed E-state index contributed by atoms with van der Waals surface area (Å²) in [5, 5.41) is 4.60. The Hall–Kier alpha value is -6.91. The molecule has 240 valence electrons. The molecule has 0 atom stereocenters. The van der Waals surface area contributed by atoms with Crippen molar-refractivity contribution in [2.45, 2.75) is 0 Å². The van der Waals surface area contributed by atoms with Crippen molar-refractivity contribution in [1.82, 2.24) is 4.98 Å². The minimum absolute atomic E-state index is 0.620. The van der Waals surface area contributed by atoms with Crippen LogP contribution in [0.2, 0.25) is 0 Å². The summed E-state index contributed by atoms with van der Waals surface area (Å²) in [5.41, 5.74) is 11.9. The Bertz CT molecular complexity index is 2850. The molecule has 4 heteroatoms. The zero-order chi connectivity index (χ0) is 33.7. The molecule has 51 heavy (non-hydrogen) atoms. The summed E-state index contributed by atoms with van der Waals surface area (Å²) in [6.07, 6.45) is 0. The maximum Gasteiger partial charge on any atom is 0.227 e. The van der Waals surface area contributed by atoms with Crippen LogP contribution in [0.5, 0.6) is 0 Å². The molecule has 8 aromatic carbocycles. The second-order valence-corrected chi connectivity index (χ2v) is 12.8. The van der Waals surface area contributed by atoms with Gasteiger partial charge in [-0.15, -0.1) is 0 Å². The Kier molecular flexibility index (Phi) is 6.78. The summed E-state index contributed by atoms with van der Waals surface area (Å²) in [6, 6.07) is 63.4. The first-order valence-corrected chi connectivity index (χ1v) is 17.1. The number of hydrogen-bond acceptors (Lipinski definition) is 4. The molecule has 0 amide bonds. The fraction of sp³-hybridized carbons (Fsp3) is 0. The average molecular weight is 655 g/mol. The van der Waals surface area contributed by atoms with Crippen molar-refractivity contribution >= 4 is 60.9 Å². The lowest BCUT2D eigenvalue weighted by Crippen LogP contribution is -2.10. The van der Waals surface area contributed by atoms with Crippen molar-refractivity contribution in [2.24, 2.45) is 0 Å². The first-order chi connectivity index (χ1) is 25.3. The maximum absolute atomic E-state index is 6.38. The highest BCUT2D eigenvalue weighted by molar-refractivity contribution is 6.19. The summed E-state index contributed by atoms with van der Waals surface area (Å²) >= 11 is 0. The van der Waals surface area contributed by atoms with Gasteiger partial charge in [0.2, 0.25) is 5.89 Å². The first kappa shape index (κ1) is 29.0. The minimum Gasteiger partial charge on any atom is -0.456 e. The summed E-state index contributed by atoms with van der Waals surface area (Å²) in [4.78, 5) is 7.26. The van der Waals surface area contributed by atoms with E-state index in [1.807, 2.05) is 42.5 Å². The Labute approximate surface area is 294 Å². The number of rotatable bonds is 6. The number of benzene rings is 8. The van der Waals surface area contributed by atoms with Gasteiger partial charge in [0.05, 0.1) is 0 Å². The third-order valence-corrected chi connectivity index (χ3v) is 9.69. The van der Waals surface area contributed by atoms with Gasteiger partial charge in [0.15, 0.2) is 5.58 Å². The smallest absolute Gasteiger partial charge is 0.227 e. The molecule has 10 rings (SSSR count). The lowest BCUT2D eigenvalue weighted by atomic mass is 10.0. The highest BCUT2D eigenvalue weighted by atomic mass is 16.3. The highest BCUT2D eigenvalue weighted by Gasteiger charge is 2.19. The van der Waals surface area contributed by atoms with Crippen LogP contribution in [-0.2, 0) is 0 Å². The Morgan fingerprint density at radius 1 is 0.392 bits per heavy atom. The van der Waals surface area contributed by atoms with Gasteiger partial charge in [-0.25, -0.2) is 4.98 Å². The molecule has 0 aliphatic rings. The van der Waals surface area contributed by atoms with Crippen molar-refractivity contribution in [2.75, 3.05) is 4.90 Å². The number of furan rings is 1. The van der Waals surface area contributed by atoms with Gasteiger partial charge in [-0.05, 0) is 94.2 Å². The van der Waals surface area contributed by atoms with E-state index in [4.69, 9.17) is 13.8 Å². The second kappa shape index (κ2) is 11.9. The molecule has 0 bridgehead atoms. The van der Waals surface area contributed by atoms with Crippen LogP contribution >= 0.6 is 0 Å². The predicted octanol–water partition coefficient (Wildman–Crippen LogP) is 13.4. The molecule has 4 nitrogen and oxygen atoms in total. The number of oxazole rings is 1. The van der Waals surface area contributed by atoms with Crippen LogP contribution in [0.25, 0.3) is 77.5 Å². The molecule has 2 aromatic heterocycles. The fourth-order valence-electron chi connectivity index (χ4n) is 7.25. The van der Waals surface area contributed by atoms with E-state index in [1.54, 1.807) is 0 Å². The van der Waals surface area contributed by atoms with E-state index in [0.717, 1.165) is 72.4 Å². The van der Waals surface area contributed by atoms with Gasteiger partial charge in [0, 0.05) is 39.0 Å². The van der Waals surface area contributed by atoms with E-state index in [1.165, 1.54) is 16.3 Å². The highest BCUT2D eigenvalue weighted by Crippen LogP contribution is 2.42. The molecule has 0 saturated heterocycles. The minimum atomic E-state index is 0.620. The fourth-order valence-corrected chi connectivity index (χ4v) is 7.25. The van der Waals surface area contributed by atoms with Gasteiger partial charge >= 0.3 is 0 Å². The van der Waals surface area contributed by atoms with Crippen molar-refractivity contribution < 1.29 is 8.83 Å². The summed E-state index contributed by atoms with van der Waals surface area (Å²) < 4.78 is 12.6. The molecule has 0 radical (unpaired) electrons. The largest absolute Gasteiger partial charge is 0.456 e. The molecule has 0 aliphatic heterocycles. The molecule has 0 saturated carbocycles. The number of aromatic nitrogens is 1. The van der Waals surface area contributed by atoms with Crippen LogP contribution in [0.3, 0.4) is 0 Å². The van der Waals surface area contributed by atoms with E-state index < -0.39 is 0 Å². The summed E-state index contributed by atoms with van der Waals surface area (Å²) in [7, 11) is 0. The van der Waals surface area contributed by atoms with E-state index in [9.17, 15) is 0 Å². The number of hydrogen-bond donors (Lipinski definition) is 0. The Morgan fingerprint density at radius 3 is 1.92 bits per heavy atom. The van der Waals surface area contributed by atoms with Crippen LogP contribution in [-0.4, -0.2) is 4.98 Å². The van der Waals surface area contributed by atoms with Crippen LogP contribution in [0.1, 0.15) is 0 Å². The van der Waals surface area contributed by atoms with Crippen LogP contribution in [0, 0.1) is 0 Å². The van der Waals surface area contributed by atoms with Crippen molar-refractivity contribution in [3.63, 3.8) is 0 Å². The first-order valence-electron chi connectivity index (χ1n) is 17.1. The lowest BCUT2D eigenvalue weighted by Gasteiger charge is -2.26. The van der Waals surface area contributed by atoms with Crippen molar-refractivity contribution in [1.29, 1.82) is 0 Å².